The van der Waals surface area contributed by atoms with Gasteiger partial charge in [-0.15, -0.1) is 0 Å². The van der Waals surface area contributed by atoms with Gasteiger partial charge >= 0.3 is 0 Å². The molecule has 1 aliphatic carbocycles. The topological polar surface area (TPSA) is 59.9 Å². The van der Waals surface area contributed by atoms with Gasteiger partial charge in [-0.25, -0.2) is 4.99 Å². The number of nitrogens with one attached hydrogen (secondary N) is 1. The summed E-state index contributed by atoms with van der Waals surface area (Å²) in [5.41, 5.74) is -0.884. The minimum absolute atomic E-state index is 0.249. The van der Waals surface area contributed by atoms with E-state index >= 15 is 0 Å². The molecule has 1 atom stereocenters. The maximum absolute atomic E-state index is 11.3. The molecule has 1 aliphatic heterocycles. The summed E-state index contributed by atoms with van der Waals surface area (Å²) < 4.78 is 10.5. The van der Waals surface area contributed by atoms with Gasteiger partial charge in [-0.3, -0.25) is 4.79 Å². The Labute approximate surface area is 94.5 Å². The zero-order chi connectivity index (χ0) is 11.6. The van der Waals surface area contributed by atoms with Gasteiger partial charge in [0.1, 0.15) is 0 Å². The van der Waals surface area contributed by atoms with Crippen LogP contribution in [-0.2, 0) is 14.3 Å². The molecule has 1 fully saturated rings. The van der Waals surface area contributed by atoms with Crippen LogP contribution < -0.4 is 5.32 Å². The molecule has 0 saturated heterocycles. The van der Waals surface area contributed by atoms with Crippen LogP contribution in [0, 0.1) is 5.92 Å². The lowest BCUT2D eigenvalue weighted by Crippen LogP contribution is -2.50. The Bertz CT molecular complexity index is 347. The Kier molecular flexibility index (Phi) is 2.85. The van der Waals surface area contributed by atoms with E-state index in [9.17, 15) is 4.79 Å². The lowest BCUT2D eigenvalue weighted by Gasteiger charge is -2.30. The minimum Gasteiger partial charge on any atom is -0.481 e. The van der Waals surface area contributed by atoms with Gasteiger partial charge in [0.05, 0.1) is 19.8 Å². The van der Waals surface area contributed by atoms with Crippen LogP contribution in [0.1, 0.15) is 19.8 Å². The summed E-state index contributed by atoms with van der Waals surface area (Å²) in [5, 5.41) is 3.05. The maximum atomic E-state index is 11.3. The molecule has 0 aromatic rings. The predicted molar refractivity (Wildman–Crippen MR) is 58.8 cm³/mol. The van der Waals surface area contributed by atoms with Crippen LogP contribution in [0.2, 0.25) is 0 Å². The molecule has 0 amide bonds. The standard InChI is InChI=1S/C11H16N2O3/c1-3-16-10-6-9(15-2)12-11(7-14,13-10)8-4-5-8/h6-8,13H,3-5H2,1-2H3. The number of methoxy groups -OCH3 is 1. The average molecular weight is 224 g/mol. The van der Waals surface area contributed by atoms with Gasteiger partial charge in [0.15, 0.2) is 17.8 Å². The van der Waals surface area contributed by atoms with E-state index in [1.165, 1.54) is 7.11 Å². The lowest BCUT2D eigenvalue weighted by atomic mass is 10.1. The summed E-state index contributed by atoms with van der Waals surface area (Å²) in [6.45, 7) is 2.43. The van der Waals surface area contributed by atoms with E-state index in [1.807, 2.05) is 6.92 Å². The van der Waals surface area contributed by atoms with Crippen molar-refractivity contribution in [2.24, 2.45) is 10.9 Å². The molecule has 2 rings (SSSR count). The quantitative estimate of drug-likeness (QED) is 0.718. The van der Waals surface area contributed by atoms with Gasteiger partial charge in [-0.05, 0) is 19.8 Å². The molecule has 88 valence electrons. The highest BCUT2D eigenvalue weighted by molar-refractivity contribution is 5.91. The van der Waals surface area contributed by atoms with Crippen LogP contribution in [0.15, 0.2) is 17.0 Å². The van der Waals surface area contributed by atoms with E-state index < -0.39 is 5.66 Å². The second-order valence-corrected chi connectivity index (χ2v) is 3.94. The Morgan fingerprint density at radius 1 is 1.69 bits per heavy atom. The summed E-state index contributed by atoms with van der Waals surface area (Å²) in [4.78, 5) is 15.6. The van der Waals surface area contributed by atoms with Gasteiger partial charge in [-0.2, -0.15) is 0 Å². The first kappa shape index (κ1) is 11.0. The van der Waals surface area contributed by atoms with Crippen LogP contribution in [0.3, 0.4) is 0 Å². The predicted octanol–water partition coefficient (Wildman–Crippen LogP) is 0.818. The van der Waals surface area contributed by atoms with Gasteiger partial charge < -0.3 is 14.8 Å². The summed E-state index contributed by atoms with van der Waals surface area (Å²) in [7, 11) is 1.53. The molecule has 5 heteroatoms. The zero-order valence-electron chi connectivity index (χ0n) is 9.53. The van der Waals surface area contributed by atoms with Crippen molar-refractivity contribution in [3.8, 4) is 0 Å². The number of rotatable bonds is 4. The number of nitrogens with zero attached hydrogens (tertiary/aromatic N) is 1. The SMILES string of the molecule is CCOC1=CC(OC)=NC(C=O)(C2CC2)N1. The molecule has 5 nitrogen and oxygen atoms in total. The molecule has 2 aliphatic rings. The molecule has 0 aromatic carbocycles. The van der Waals surface area contributed by atoms with Crippen LogP contribution in [0.25, 0.3) is 0 Å². The highest BCUT2D eigenvalue weighted by Gasteiger charge is 2.48. The summed E-state index contributed by atoms with van der Waals surface area (Å²) in [5.74, 6) is 1.23. The van der Waals surface area contributed by atoms with Crippen molar-refractivity contribution in [2.45, 2.75) is 25.4 Å². The van der Waals surface area contributed by atoms with Crippen molar-refractivity contribution in [1.29, 1.82) is 0 Å². The van der Waals surface area contributed by atoms with Gasteiger partial charge in [0.25, 0.3) is 0 Å². The number of hydrogen-bond acceptors (Lipinski definition) is 5. The Hall–Kier alpha value is -1.52. The number of aldehydes is 1. The third-order valence-corrected chi connectivity index (χ3v) is 2.76. The molecular formula is C11H16N2O3. The first-order valence-electron chi connectivity index (χ1n) is 5.47. The fourth-order valence-corrected chi connectivity index (χ4v) is 1.79. The third kappa shape index (κ3) is 1.89. The van der Waals surface area contributed by atoms with Crippen molar-refractivity contribution in [3.05, 3.63) is 12.0 Å². The lowest BCUT2D eigenvalue weighted by molar-refractivity contribution is -0.114. The molecule has 0 aromatic heterocycles. The van der Waals surface area contributed by atoms with Gasteiger partial charge in [-0.1, -0.05) is 0 Å². The molecule has 1 N–H and O–H groups in total. The van der Waals surface area contributed by atoms with E-state index in [0.29, 0.717) is 18.4 Å². The second kappa shape index (κ2) is 4.15. The summed E-state index contributed by atoms with van der Waals surface area (Å²) in [6.07, 6.45) is 4.51. The number of carbonyl (C=O) groups excluding carboxylic acids is 1. The molecule has 0 spiro atoms. The minimum atomic E-state index is -0.884. The summed E-state index contributed by atoms with van der Waals surface area (Å²) >= 11 is 0. The van der Waals surface area contributed by atoms with Crippen molar-refractivity contribution in [1.82, 2.24) is 5.32 Å². The van der Waals surface area contributed by atoms with E-state index in [4.69, 9.17) is 9.47 Å². The van der Waals surface area contributed by atoms with E-state index in [0.717, 1.165) is 19.1 Å². The van der Waals surface area contributed by atoms with E-state index in [1.54, 1.807) is 6.08 Å². The van der Waals surface area contributed by atoms with Crippen LogP contribution in [0.4, 0.5) is 0 Å². The zero-order valence-corrected chi connectivity index (χ0v) is 9.53. The Morgan fingerprint density at radius 2 is 2.44 bits per heavy atom. The molecule has 0 bridgehead atoms. The average Bonchev–Trinajstić information content (AvgIpc) is 3.13. The molecular weight excluding hydrogens is 208 g/mol. The van der Waals surface area contributed by atoms with Gasteiger partial charge in [0, 0.05) is 5.92 Å². The van der Waals surface area contributed by atoms with Crippen LogP contribution >= 0.6 is 0 Å². The molecule has 0 radical (unpaired) electrons. The normalized spacial score (nSPS) is 28.6. The molecule has 1 saturated carbocycles. The third-order valence-electron chi connectivity index (χ3n) is 2.76. The summed E-state index contributed by atoms with van der Waals surface area (Å²) in [6, 6.07) is 0. The van der Waals surface area contributed by atoms with Crippen LogP contribution in [0.5, 0.6) is 0 Å². The highest BCUT2D eigenvalue weighted by atomic mass is 16.5. The molecule has 1 heterocycles. The Morgan fingerprint density at radius 3 is 2.94 bits per heavy atom. The fraction of sp³-hybridized carbons (Fsp3) is 0.636. The number of hydrogen-bond donors (Lipinski definition) is 1. The second-order valence-electron chi connectivity index (χ2n) is 3.94. The Balaban J connectivity index is 2.25. The maximum Gasteiger partial charge on any atom is 0.216 e. The first-order valence-corrected chi connectivity index (χ1v) is 5.47. The number of carbonyl (C=O) groups is 1. The smallest absolute Gasteiger partial charge is 0.216 e. The van der Waals surface area contributed by atoms with Crippen molar-refractivity contribution in [3.63, 3.8) is 0 Å². The number of aliphatic imine (C=N–C) groups is 1. The first-order chi connectivity index (χ1) is 7.74. The molecule has 1 unspecified atom stereocenters. The van der Waals surface area contributed by atoms with Crippen molar-refractivity contribution >= 4 is 12.2 Å². The van der Waals surface area contributed by atoms with Gasteiger partial charge in [0.2, 0.25) is 5.90 Å². The van der Waals surface area contributed by atoms with E-state index in [2.05, 4.69) is 10.3 Å². The van der Waals surface area contributed by atoms with Crippen molar-refractivity contribution < 1.29 is 14.3 Å². The number of ether oxygens (including phenoxy) is 2. The largest absolute Gasteiger partial charge is 0.481 e. The molecule has 16 heavy (non-hydrogen) atoms. The highest BCUT2D eigenvalue weighted by Crippen LogP contribution is 2.41. The fourth-order valence-electron chi connectivity index (χ4n) is 1.79. The monoisotopic (exact) mass is 224 g/mol. The van der Waals surface area contributed by atoms with E-state index in [-0.39, 0.29) is 5.92 Å². The van der Waals surface area contributed by atoms with Crippen LogP contribution in [-0.4, -0.2) is 31.6 Å². The van der Waals surface area contributed by atoms with Crippen molar-refractivity contribution in [2.75, 3.05) is 13.7 Å².